The fraction of sp³-hybridized carbons (Fsp3) is 0.500. The largest absolute Gasteiger partial charge is 0.376 e. The first-order chi connectivity index (χ1) is 10.2. The maximum atomic E-state index is 12.8. The van der Waals surface area contributed by atoms with Crippen LogP contribution in [0.2, 0.25) is 0 Å². The van der Waals surface area contributed by atoms with Gasteiger partial charge in [0.2, 0.25) is 0 Å². The highest BCUT2D eigenvalue weighted by Gasteiger charge is 2.51. The standard InChI is InChI=1S/C16H20N2O3/c1-2-16(12-7-4-3-5-8-12)14(19)18(15(20)17-16)11-13-9-6-10-21-13/h3-5,7-8,13H,2,6,9-11H2,1H3,(H,17,20)/t13-,16-/m0/s1. The molecule has 0 radical (unpaired) electrons. The van der Waals surface area contributed by atoms with Gasteiger partial charge in [0.15, 0.2) is 0 Å². The predicted octanol–water partition coefficient (Wildman–Crippen LogP) is 2.02. The van der Waals surface area contributed by atoms with Crippen molar-refractivity contribution in [2.75, 3.05) is 13.2 Å². The number of rotatable bonds is 4. The monoisotopic (exact) mass is 288 g/mol. The van der Waals surface area contributed by atoms with Crippen molar-refractivity contribution in [3.8, 4) is 0 Å². The number of carbonyl (C=O) groups is 2. The lowest BCUT2D eigenvalue weighted by Gasteiger charge is -2.26. The maximum absolute atomic E-state index is 12.8. The number of amides is 3. The Labute approximate surface area is 124 Å². The minimum absolute atomic E-state index is 0.0249. The average Bonchev–Trinajstić information content (AvgIpc) is 3.11. The molecule has 2 aliphatic rings. The first-order valence-corrected chi connectivity index (χ1v) is 7.48. The second-order valence-electron chi connectivity index (χ2n) is 5.61. The molecule has 0 aromatic heterocycles. The number of hydrogen-bond acceptors (Lipinski definition) is 3. The van der Waals surface area contributed by atoms with Gasteiger partial charge in [0.1, 0.15) is 5.54 Å². The van der Waals surface area contributed by atoms with E-state index in [-0.39, 0.29) is 18.0 Å². The molecule has 3 amide bonds. The second kappa shape index (κ2) is 5.48. The Morgan fingerprint density at radius 3 is 2.71 bits per heavy atom. The zero-order chi connectivity index (χ0) is 14.9. The molecule has 1 aromatic rings. The number of ether oxygens (including phenoxy) is 1. The van der Waals surface area contributed by atoms with E-state index in [4.69, 9.17) is 4.74 Å². The fourth-order valence-corrected chi connectivity index (χ4v) is 3.15. The number of nitrogens with one attached hydrogen (secondary N) is 1. The topological polar surface area (TPSA) is 58.6 Å². The number of benzene rings is 1. The highest BCUT2D eigenvalue weighted by atomic mass is 16.5. The first kappa shape index (κ1) is 14.1. The highest BCUT2D eigenvalue weighted by Crippen LogP contribution is 2.32. The van der Waals surface area contributed by atoms with Gasteiger partial charge in [-0.25, -0.2) is 4.79 Å². The molecule has 5 nitrogen and oxygen atoms in total. The zero-order valence-corrected chi connectivity index (χ0v) is 12.2. The van der Waals surface area contributed by atoms with Crippen LogP contribution >= 0.6 is 0 Å². The Morgan fingerprint density at radius 2 is 2.10 bits per heavy atom. The SMILES string of the molecule is CC[C@@]1(c2ccccc2)NC(=O)N(C[C@@H]2CCCO2)C1=O. The van der Waals surface area contributed by atoms with Crippen LogP contribution in [0.4, 0.5) is 4.79 Å². The smallest absolute Gasteiger partial charge is 0.325 e. The van der Waals surface area contributed by atoms with Gasteiger partial charge in [0.05, 0.1) is 12.6 Å². The van der Waals surface area contributed by atoms with Crippen LogP contribution in [0.1, 0.15) is 31.7 Å². The predicted molar refractivity (Wildman–Crippen MR) is 77.6 cm³/mol. The van der Waals surface area contributed by atoms with E-state index in [0.717, 1.165) is 18.4 Å². The minimum Gasteiger partial charge on any atom is -0.376 e. The molecule has 0 saturated carbocycles. The molecule has 0 spiro atoms. The summed E-state index contributed by atoms with van der Waals surface area (Å²) in [6.07, 6.45) is 2.40. The zero-order valence-electron chi connectivity index (χ0n) is 12.2. The molecule has 2 fully saturated rings. The van der Waals surface area contributed by atoms with Gasteiger partial charge in [-0.3, -0.25) is 9.69 Å². The number of imide groups is 1. The van der Waals surface area contributed by atoms with Crippen LogP contribution in [0.15, 0.2) is 30.3 Å². The van der Waals surface area contributed by atoms with Gasteiger partial charge in [0.25, 0.3) is 5.91 Å². The summed E-state index contributed by atoms with van der Waals surface area (Å²) >= 11 is 0. The molecule has 2 saturated heterocycles. The van der Waals surface area contributed by atoms with E-state index in [2.05, 4.69) is 5.32 Å². The van der Waals surface area contributed by atoms with Crippen molar-refractivity contribution in [2.45, 2.75) is 37.8 Å². The average molecular weight is 288 g/mol. The van der Waals surface area contributed by atoms with Gasteiger partial charge in [0, 0.05) is 6.61 Å². The van der Waals surface area contributed by atoms with Crippen molar-refractivity contribution >= 4 is 11.9 Å². The van der Waals surface area contributed by atoms with Gasteiger partial charge in [-0.05, 0) is 24.8 Å². The molecule has 2 aliphatic heterocycles. The number of nitrogens with zero attached hydrogens (tertiary/aromatic N) is 1. The van der Waals surface area contributed by atoms with Crippen molar-refractivity contribution in [1.82, 2.24) is 10.2 Å². The summed E-state index contributed by atoms with van der Waals surface area (Å²) in [5.41, 5.74) is -0.0996. The number of carbonyl (C=O) groups excluding carboxylic acids is 2. The minimum atomic E-state index is -0.934. The molecule has 0 bridgehead atoms. The van der Waals surface area contributed by atoms with Crippen LogP contribution in [0.25, 0.3) is 0 Å². The van der Waals surface area contributed by atoms with Crippen molar-refractivity contribution in [2.24, 2.45) is 0 Å². The molecule has 1 N–H and O–H groups in total. The summed E-state index contributed by atoms with van der Waals surface area (Å²) in [6, 6.07) is 9.12. The van der Waals surface area contributed by atoms with Crippen LogP contribution in [-0.2, 0) is 15.1 Å². The Bertz CT molecular complexity index is 540. The molecule has 1 aromatic carbocycles. The maximum Gasteiger partial charge on any atom is 0.325 e. The summed E-state index contributed by atoms with van der Waals surface area (Å²) in [7, 11) is 0. The fourth-order valence-electron chi connectivity index (χ4n) is 3.15. The Hall–Kier alpha value is -1.88. The molecular weight excluding hydrogens is 268 g/mol. The molecular formula is C16H20N2O3. The summed E-state index contributed by atoms with van der Waals surface area (Å²) in [5, 5.41) is 2.89. The molecule has 2 atom stereocenters. The summed E-state index contributed by atoms with van der Waals surface area (Å²) in [5.74, 6) is -0.170. The van der Waals surface area contributed by atoms with E-state index in [1.807, 2.05) is 37.3 Å². The van der Waals surface area contributed by atoms with E-state index in [9.17, 15) is 9.59 Å². The molecule has 3 rings (SSSR count). The van der Waals surface area contributed by atoms with Crippen LogP contribution in [-0.4, -0.2) is 36.1 Å². The van der Waals surface area contributed by atoms with Crippen LogP contribution in [0.5, 0.6) is 0 Å². The van der Waals surface area contributed by atoms with Crippen molar-refractivity contribution in [3.05, 3.63) is 35.9 Å². The highest BCUT2D eigenvalue weighted by molar-refractivity contribution is 6.07. The lowest BCUT2D eigenvalue weighted by atomic mass is 9.87. The van der Waals surface area contributed by atoms with Crippen LogP contribution in [0, 0.1) is 0 Å². The van der Waals surface area contributed by atoms with E-state index in [1.54, 1.807) is 0 Å². The van der Waals surface area contributed by atoms with Crippen molar-refractivity contribution in [3.63, 3.8) is 0 Å². The van der Waals surface area contributed by atoms with Crippen molar-refractivity contribution in [1.29, 1.82) is 0 Å². The summed E-state index contributed by atoms with van der Waals surface area (Å²) in [4.78, 5) is 26.4. The second-order valence-corrected chi connectivity index (χ2v) is 5.61. The molecule has 2 heterocycles. The molecule has 21 heavy (non-hydrogen) atoms. The molecule has 5 heteroatoms. The van der Waals surface area contributed by atoms with Crippen LogP contribution in [0.3, 0.4) is 0 Å². The van der Waals surface area contributed by atoms with Crippen LogP contribution < -0.4 is 5.32 Å². The number of urea groups is 1. The van der Waals surface area contributed by atoms with Gasteiger partial charge >= 0.3 is 6.03 Å². The first-order valence-electron chi connectivity index (χ1n) is 7.48. The normalized spacial score (nSPS) is 29.0. The number of hydrogen-bond donors (Lipinski definition) is 1. The van der Waals surface area contributed by atoms with E-state index >= 15 is 0 Å². The van der Waals surface area contributed by atoms with Gasteiger partial charge in [-0.2, -0.15) is 0 Å². The quantitative estimate of drug-likeness (QED) is 0.862. The van der Waals surface area contributed by atoms with Crippen molar-refractivity contribution < 1.29 is 14.3 Å². The summed E-state index contributed by atoms with van der Waals surface area (Å²) < 4.78 is 5.55. The third-order valence-electron chi connectivity index (χ3n) is 4.38. The summed E-state index contributed by atoms with van der Waals surface area (Å²) in [6.45, 7) is 2.98. The van der Waals surface area contributed by atoms with E-state index in [0.29, 0.717) is 19.6 Å². The third kappa shape index (κ3) is 2.31. The third-order valence-corrected chi connectivity index (χ3v) is 4.38. The lowest BCUT2D eigenvalue weighted by molar-refractivity contribution is -0.132. The van der Waals surface area contributed by atoms with Gasteiger partial charge in [-0.1, -0.05) is 37.3 Å². The van der Waals surface area contributed by atoms with Gasteiger partial charge in [-0.15, -0.1) is 0 Å². The van der Waals surface area contributed by atoms with E-state index in [1.165, 1.54) is 4.90 Å². The molecule has 112 valence electrons. The Kier molecular flexibility index (Phi) is 3.68. The Balaban J connectivity index is 1.87. The lowest BCUT2D eigenvalue weighted by Crippen LogP contribution is -2.44. The Morgan fingerprint density at radius 1 is 1.33 bits per heavy atom. The molecule has 0 aliphatic carbocycles. The van der Waals surface area contributed by atoms with Gasteiger partial charge < -0.3 is 10.1 Å². The van der Waals surface area contributed by atoms with E-state index < -0.39 is 5.54 Å². The molecule has 0 unspecified atom stereocenters.